The smallest absolute Gasteiger partial charge is 0.265 e. The summed E-state index contributed by atoms with van der Waals surface area (Å²) in [5, 5.41) is 3.32. The molecule has 1 heterocycles. The van der Waals surface area contributed by atoms with Gasteiger partial charge >= 0.3 is 0 Å². The van der Waals surface area contributed by atoms with E-state index in [0.717, 1.165) is 6.07 Å². The Hall–Kier alpha value is -2.79. The van der Waals surface area contributed by atoms with Gasteiger partial charge in [-0.15, -0.1) is 0 Å². The molecule has 0 atom stereocenters. The standard InChI is InChI=1S/C11H8N4O3/c1-18-6-2-3-8-7(4-6)10(16)5-9(13-8)11(17)14-15-12/h2-5H,1H3,(H,13,16). The largest absolute Gasteiger partial charge is 0.497 e. The van der Waals surface area contributed by atoms with Crippen molar-refractivity contribution in [2.24, 2.45) is 5.11 Å². The van der Waals surface area contributed by atoms with Crippen molar-refractivity contribution in [2.75, 3.05) is 7.11 Å². The van der Waals surface area contributed by atoms with E-state index in [1.807, 2.05) is 0 Å². The maximum atomic E-state index is 11.8. The molecule has 2 aromatic rings. The van der Waals surface area contributed by atoms with Crippen LogP contribution in [-0.2, 0) is 0 Å². The van der Waals surface area contributed by atoms with Crippen LogP contribution in [-0.4, -0.2) is 18.0 Å². The van der Waals surface area contributed by atoms with Crippen molar-refractivity contribution < 1.29 is 9.53 Å². The van der Waals surface area contributed by atoms with E-state index in [0.29, 0.717) is 16.7 Å². The second-order valence-corrected chi connectivity index (χ2v) is 3.45. The first kappa shape index (κ1) is 11.7. The van der Waals surface area contributed by atoms with Crippen molar-refractivity contribution in [3.8, 4) is 5.75 Å². The molecule has 0 aliphatic rings. The Kier molecular flexibility index (Phi) is 2.99. The minimum Gasteiger partial charge on any atom is -0.497 e. The normalized spacial score (nSPS) is 9.83. The van der Waals surface area contributed by atoms with Gasteiger partial charge in [0.25, 0.3) is 5.91 Å². The molecule has 0 radical (unpaired) electrons. The maximum Gasteiger partial charge on any atom is 0.265 e. The predicted octanol–water partition coefficient (Wildman–Crippen LogP) is 1.99. The lowest BCUT2D eigenvalue weighted by atomic mass is 10.2. The molecule has 2 rings (SSSR count). The number of nitrogens with one attached hydrogen (secondary N) is 1. The number of methoxy groups -OCH3 is 1. The van der Waals surface area contributed by atoms with Gasteiger partial charge in [-0.1, -0.05) is 0 Å². The predicted molar refractivity (Wildman–Crippen MR) is 64.6 cm³/mol. The number of carbonyl (C=O) groups is 1. The highest BCUT2D eigenvalue weighted by molar-refractivity contribution is 5.95. The summed E-state index contributed by atoms with van der Waals surface area (Å²) in [7, 11) is 1.49. The Morgan fingerprint density at radius 2 is 2.22 bits per heavy atom. The number of hydrogen-bond acceptors (Lipinski definition) is 3. The first-order valence-corrected chi connectivity index (χ1v) is 4.96. The number of nitrogens with zero attached hydrogens (tertiary/aromatic N) is 3. The fourth-order valence-corrected chi connectivity index (χ4v) is 1.56. The molecule has 0 bridgehead atoms. The molecular formula is C11H8N4O3. The molecule has 18 heavy (non-hydrogen) atoms. The van der Waals surface area contributed by atoms with Crippen molar-refractivity contribution in [2.45, 2.75) is 0 Å². The number of ether oxygens (including phenoxy) is 1. The number of rotatable bonds is 2. The van der Waals surface area contributed by atoms with Crippen molar-refractivity contribution in [1.82, 2.24) is 4.98 Å². The molecule has 0 fully saturated rings. The summed E-state index contributed by atoms with van der Waals surface area (Å²) in [5.74, 6) is -0.283. The van der Waals surface area contributed by atoms with Gasteiger partial charge in [0.15, 0.2) is 5.43 Å². The van der Waals surface area contributed by atoms with Gasteiger partial charge in [-0.3, -0.25) is 9.59 Å². The number of azide groups is 1. The van der Waals surface area contributed by atoms with E-state index in [1.165, 1.54) is 7.11 Å². The Balaban J connectivity index is 2.67. The monoisotopic (exact) mass is 244 g/mol. The lowest BCUT2D eigenvalue weighted by Gasteiger charge is -2.03. The third-order valence-corrected chi connectivity index (χ3v) is 2.40. The van der Waals surface area contributed by atoms with Gasteiger partial charge in [0, 0.05) is 16.4 Å². The molecule has 90 valence electrons. The van der Waals surface area contributed by atoms with Crippen molar-refractivity contribution in [3.63, 3.8) is 0 Å². The number of hydrogen-bond donors (Lipinski definition) is 1. The fraction of sp³-hybridized carbons (Fsp3) is 0.0909. The van der Waals surface area contributed by atoms with Gasteiger partial charge in [-0.2, -0.15) is 0 Å². The summed E-state index contributed by atoms with van der Waals surface area (Å²) in [4.78, 5) is 28.3. The maximum absolute atomic E-state index is 11.8. The number of carbonyl (C=O) groups excluding carboxylic acids is 1. The highest BCUT2D eigenvalue weighted by Gasteiger charge is 2.08. The average molecular weight is 244 g/mol. The van der Waals surface area contributed by atoms with E-state index in [-0.39, 0.29) is 11.1 Å². The number of H-pyrrole nitrogens is 1. The molecule has 1 aromatic carbocycles. The van der Waals surface area contributed by atoms with Crippen LogP contribution < -0.4 is 10.2 Å². The second-order valence-electron chi connectivity index (χ2n) is 3.45. The molecule has 7 nitrogen and oxygen atoms in total. The van der Waals surface area contributed by atoms with Crippen LogP contribution in [0, 0.1) is 0 Å². The van der Waals surface area contributed by atoms with Gasteiger partial charge in [-0.25, -0.2) is 0 Å². The molecule has 0 unspecified atom stereocenters. The molecule has 0 spiro atoms. The number of amides is 1. The Labute approximate surface area is 101 Å². The highest BCUT2D eigenvalue weighted by atomic mass is 16.5. The summed E-state index contributed by atoms with van der Waals surface area (Å²) in [5.41, 5.74) is 8.26. The first-order chi connectivity index (χ1) is 8.65. The summed E-state index contributed by atoms with van der Waals surface area (Å²) >= 11 is 0. The molecule has 1 aromatic heterocycles. The van der Waals surface area contributed by atoms with E-state index in [2.05, 4.69) is 15.0 Å². The van der Waals surface area contributed by atoms with Gasteiger partial charge in [0.2, 0.25) is 0 Å². The van der Waals surface area contributed by atoms with Crippen LogP contribution in [0.5, 0.6) is 5.75 Å². The van der Waals surface area contributed by atoms with Gasteiger partial charge in [0.1, 0.15) is 5.75 Å². The number of aromatic nitrogens is 1. The van der Waals surface area contributed by atoms with Crippen molar-refractivity contribution in [3.05, 3.63) is 50.6 Å². The average Bonchev–Trinajstić information content (AvgIpc) is 2.38. The molecule has 1 N–H and O–H groups in total. The van der Waals surface area contributed by atoms with E-state index in [9.17, 15) is 9.59 Å². The van der Waals surface area contributed by atoms with Crippen LogP contribution in [0.2, 0.25) is 0 Å². The Morgan fingerprint density at radius 3 is 2.89 bits per heavy atom. The summed E-state index contributed by atoms with van der Waals surface area (Å²) in [6.07, 6.45) is 0. The van der Waals surface area contributed by atoms with Crippen LogP contribution in [0.1, 0.15) is 10.5 Å². The number of pyridine rings is 1. The minimum absolute atomic E-state index is 0.0459. The third kappa shape index (κ3) is 2.02. The zero-order chi connectivity index (χ0) is 13.1. The third-order valence-electron chi connectivity index (χ3n) is 2.40. The van der Waals surface area contributed by atoms with Crippen molar-refractivity contribution in [1.29, 1.82) is 0 Å². The number of benzene rings is 1. The van der Waals surface area contributed by atoms with Gasteiger partial charge < -0.3 is 9.72 Å². The molecule has 0 saturated heterocycles. The second kappa shape index (κ2) is 4.60. The zero-order valence-electron chi connectivity index (χ0n) is 9.38. The molecular weight excluding hydrogens is 236 g/mol. The van der Waals surface area contributed by atoms with E-state index >= 15 is 0 Å². The summed E-state index contributed by atoms with van der Waals surface area (Å²) < 4.78 is 5.01. The molecule has 0 aliphatic carbocycles. The quantitative estimate of drug-likeness (QED) is 0.495. The first-order valence-electron chi connectivity index (χ1n) is 4.96. The van der Waals surface area contributed by atoms with Crippen LogP contribution in [0.15, 0.2) is 34.2 Å². The van der Waals surface area contributed by atoms with Crippen LogP contribution in [0.3, 0.4) is 0 Å². The van der Waals surface area contributed by atoms with Crippen LogP contribution in [0.25, 0.3) is 21.3 Å². The molecule has 7 heteroatoms. The van der Waals surface area contributed by atoms with Gasteiger partial charge in [-0.05, 0) is 28.8 Å². The van der Waals surface area contributed by atoms with Gasteiger partial charge in [0.05, 0.1) is 18.3 Å². The zero-order valence-corrected chi connectivity index (χ0v) is 9.38. The van der Waals surface area contributed by atoms with E-state index in [1.54, 1.807) is 18.2 Å². The van der Waals surface area contributed by atoms with Crippen LogP contribution >= 0.6 is 0 Å². The van der Waals surface area contributed by atoms with E-state index in [4.69, 9.17) is 10.3 Å². The Morgan fingerprint density at radius 1 is 1.44 bits per heavy atom. The highest BCUT2D eigenvalue weighted by Crippen LogP contribution is 2.16. The van der Waals surface area contributed by atoms with Crippen molar-refractivity contribution >= 4 is 16.8 Å². The lowest BCUT2D eigenvalue weighted by Crippen LogP contribution is -2.08. The molecule has 0 saturated carbocycles. The SMILES string of the molecule is COc1ccc2[nH]c(C(=O)N=[N+]=[N-])cc(=O)c2c1. The van der Waals surface area contributed by atoms with E-state index < -0.39 is 5.91 Å². The molecule has 0 aliphatic heterocycles. The fourth-order valence-electron chi connectivity index (χ4n) is 1.56. The minimum atomic E-state index is -0.827. The summed E-state index contributed by atoms with van der Waals surface area (Å²) in [6.45, 7) is 0. The number of fused-ring (bicyclic) bond motifs is 1. The Bertz CT molecular complexity index is 729. The topological polar surface area (TPSA) is 108 Å². The number of aromatic amines is 1. The molecule has 1 amide bonds. The van der Waals surface area contributed by atoms with Crippen LogP contribution in [0.4, 0.5) is 0 Å². The lowest BCUT2D eigenvalue weighted by molar-refractivity contribution is 0.0996. The summed E-state index contributed by atoms with van der Waals surface area (Å²) in [6, 6.07) is 5.93.